The lowest BCUT2D eigenvalue weighted by atomic mass is 9.87. The molecule has 2 bridgehead atoms. The van der Waals surface area contributed by atoms with Gasteiger partial charge in [-0.1, -0.05) is 0 Å². The largest absolute Gasteiger partial charge is 0.352 e. The zero-order valence-electron chi connectivity index (χ0n) is 11.5. The molecule has 0 radical (unpaired) electrons. The van der Waals surface area contributed by atoms with Crippen molar-refractivity contribution in [2.75, 3.05) is 13.1 Å². The maximum Gasteiger partial charge on any atom is 0.227 e. The Bertz CT molecular complexity index is 385. The summed E-state index contributed by atoms with van der Waals surface area (Å²) in [5, 5.41) is 6.47. The minimum atomic E-state index is 0.000823. The number of carbonyl (C=O) groups excluding carboxylic acids is 2. The van der Waals surface area contributed by atoms with E-state index in [2.05, 4.69) is 10.6 Å². The van der Waals surface area contributed by atoms with Crippen LogP contribution in [-0.4, -0.2) is 47.9 Å². The van der Waals surface area contributed by atoms with E-state index < -0.39 is 0 Å². The summed E-state index contributed by atoms with van der Waals surface area (Å²) in [5.74, 6) is 0.477. The molecule has 3 heterocycles. The van der Waals surface area contributed by atoms with Crippen LogP contribution in [0.2, 0.25) is 0 Å². The summed E-state index contributed by atoms with van der Waals surface area (Å²) in [4.78, 5) is 25.7. The molecule has 0 aromatic rings. The van der Waals surface area contributed by atoms with Crippen LogP contribution in [0.25, 0.3) is 0 Å². The Labute approximate surface area is 114 Å². The van der Waals surface area contributed by atoms with Crippen LogP contribution in [-0.2, 0) is 9.59 Å². The Morgan fingerprint density at radius 3 is 2.74 bits per heavy atom. The molecule has 3 fully saturated rings. The van der Waals surface area contributed by atoms with Crippen LogP contribution < -0.4 is 10.6 Å². The normalized spacial score (nSPS) is 37.4. The molecule has 3 saturated heterocycles. The molecule has 0 spiro atoms. The van der Waals surface area contributed by atoms with Gasteiger partial charge in [0, 0.05) is 38.1 Å². The number of carbonyl (C=O) groups is 2. The first-order chi connectivity index (χ1) is 9.13. The van der Waals surface area contributed by atoms with Crippen LogP contribution in [0.5, 0.6) is 0 Å². The molecule has 4 atom stereocenters. The molecule has 0 aliphatic carbocycles. The summed E-state index contributed by atoms with van der Waals surface area (Å²) in [6.07, 6.45) is 5.35. The lowest BCUT2D eigenvalue weighted by Gasteiger charge is -2.35. The van der Waals surface area contributed by atoms with Crippen LogP contribution in [0.4, 0.5) is 0 Å². The van der Waals surface area contributed by atoms with Crippen LogP contribution in [0, 0.1) is 5.92 Å². The minimum Gasteiger partial charge on any atom is -0.352 e. The average Bonchev–Trinajstić information content (AvgIpc) is 2.99. The fourth-order valence-electron chi connectivity index (χ4n) is 3.91. The number of hydrogen-bond acceptors (Lipinski definition) is 3. The van der Waals surface area contributed by atoms with Crippen molar-refractivity contribution >= 4 is 11.8 Å². The molecule has 5 nitrogen and oxygen atoms in total. The van der Waals surface area contributed by atoms with Crippen molar-refractivity contribution in [3.8, 4) is 0 Å². The van der Waals surface area contributed by atoms with Gasteiger partial charge in [0.1, 0.15) is 0 Å². The van der Waals surface area contributed by atoms with Crippen LogP contribution in [0.1, 0.15) is 39.0 Å². The van der Waals surface area contributed by atoms with Gasteiger partial charge in [0.05, 0.1) is 5.92 Å². The zero-order chi connectivity index (χ0) is 13.4. The van der Waals surface area contributed by atoms with Gasteiger partial charge in [-0.3, -0.25) is 9.59 Å². The number of amides is 2. The van der Waals surface area contributed by atoms with Crippen LogP contribution >= 0.6 is 0 Å². The lowest BCUT2D eigenvalue weighted by Crippen LogP contribution is -2.51. The molecule has 4 unspecified atom stereocenters. The monoisotopic (exact) mass is 265 g/mol. The van der Waals surface area contributed by atoms with E-state index in [1.807, 2.05) is 4.90 Å². The van der Waals surface area contributed by atoms with E-state index in [9.17, 15) is 9.59 Å². The molecule has 19 heavy (non-hydrogen) atoms. The minimum absolute atomic E-state index is 0.000823. The van der Waals surface area contributed by atoms with Gasteiger partial charge in [0.25, 0.3) is 0 Å². The summed E-state index contributed by atoms with van der Waals surface area (Å²) in [6.45, 7) is 3.08. The van der Waals surface area contributed by atoms with E-state index in [0.29, 0.717) is 24.5 Å². The maximum absolute atomic E-state index is 12.6. The average molecular weight is 265 g/mol. The zero-order valence-corrected chi connectivity index (χ0v) is 11.5. The van der Waals surface area contributed by atoms with Crippen molar-refractivity contribution < 1.29 is 9.59 Å². The molecular formula is C14H23N3O2. The van der Waals surface area contributed by atoms with Crippen LogP contribution in [0.15, 0.2) is 0 Å². The summed E-state index contributed by atoms with van der Waals surface area (Å²) < 4.78 is 0. The second-order valence-corrected chi connectivity index (χ2v) is 6.21. The molecule has 3 aliphatic heterocycles. The number of nitrogens with one attached hydrogen (secondary N) is 2. The van der Waals surface area contributed by atoms with E-state index >= 15 is 0 Å². The molecule has 3 rings (SSSR count). The van der Waals surface area contributed by atoms with E-state index in [4.69, 9.17) is 0 Å². The number of rotatable bonds is 2. The van der Waals surface area contributed by atoms with Gasteiger partial charge in [-0.05, 0) is 32.1 Å². The van der Waals surface area contributed by atoms with Crippen molar-refractivity contribution in [2.24, 2.45) is 5.92 Å². The fourth-order valence-corrected chi connectivity index (χ4v) is 3.91. The van der Waals surface area contributed by atoms with Crippen molar-refractivity contribution in [3.63, 3.8) is 0 Å². The second kappa shape index (κ2) is 5.12. The topological polar surface area (TPSA) is 61.4 Å². The molecule has 0 aromatic carbocycles. The Morgan fingerprint density at radius 1 is 1.26 bits per heavy atom. The third-order valence-corrected chi connectivity index (χ3v) is 4.76. The number of hydrogen-bond donors (Lipinski definition) is 2. The molecule has 2 N–H and O–H groups in total. The predicted molar refractivity (Wildman–Crippen MR) is 71.5 cm³/mol. The predicted octanol–water partition coefficient (Wildman–Crippen LogP) is 0.254. The van der Waals surface area contributed by atoms with Gasteiger partial charge in [-0.15, -0.1) is 0 Å². The fraction of sp³-hybridized carbons (Fsp3) is 0.857. The smallest absolute Gasteiger partial charge is 0.227 e. The summed E-state index contributed by atoms with van der Waals surface area (Å²) in [7, 11) is 0. The highest BCUT2D eigenvalue weighted by molar-refractivity contribution is 5.80. The maximum atomic E-state index is 12.6. The Hall–Kier alpha value is -1.10. The van der Waals surface area contributed by atoms with Crippen molar-refractivity contribution in [1.82, 2.24) is 15.5 Å². The van der Waals surface area contributed by atoms with E-state index in [0.717, 1.165) is 32.2 Å². The Morgan fingerprint density at radius 2 is 2.11 bits per heavy atom. The third-order valence-electron chi connectivity index (χ3n) is 4.76. The highest BCUT2D eigenvalue weighted by atomic mass is 16.2. The van der Waals surface area contributed by atoms with Gasteiger partial charge >= 0.3 is 0 Å². The standard InChI is InChI=1S/C14H23N3O2/c1-9(18)15-11-3-2-6-17(8-11)14(19)12-7-10-4-5-13(12)16-10/h10-13,16H,2-8H2,1H3,(H,15,18). The number of nitrogens with zero attached hydrogens (tertiary/aromatic N) is 1. The van der Waals surface area contributed by atoms with Crippen molar-refractivity contribution in [3.05, 3.63) is 0 Å². The second-order valence-electron chi connectivity index (χ2n) is 6.21. The molecule has 3 aliphatic rings. The van der Waals surface area contributed by atoms with Gasteiger partial charge in [0.15, 0.2) is 0 Å². The lowest BCUT2D eigenvalue weighted by molar-refractivity contribution is -0.138. The van der Waals surface area contributed by atoms with Gasteiger partial charge < -0.3 is 15.5 Å². The van der Waals surface area contributed by atoms with Crippen molar-refractivity contribution in [1.29, 1.82) is 0 Å². The highest BCUT2D eigenvalue weighted by Crippen LogP contribution is 2.34. The number of likely N-dealkylation sites (tertiary alicyclic amines) is 1. The Kier molecular flexibility index (Phi) is 3.48. The highest BCUT2D eigenvalue weighted by Gasteiger charge is 2.44. The van der Waals surface area contributed by atoms with Crippen LogP contribution in [0.3, 0.4) is 0 Å². The van der Waals surface area contributed by atoms with E-state index in [1.54, 1.807) is 6.92 Å². The summed E-state index contributed by atoms with van der Waals surface area (Å²) >= 11 is 0. The van der Waals surface area contributed by atoms with Gasteiger partial charge in [-0.2, -0.15) is 0 Å². The summed E-state index contributed by atoms with van der Waals surface area (Å²) in [6, 6.07) is 1.11. The number of piperidine rings is 1. The molecule has 0 aromatic heterocycles. The molecular weight excluding hydrogens is 242 g/mol. The van der Waals surface area contributed by atoms with E-state index in [-0.39, 0.29) is 17.9 Å². The summed E-state index contributed by atoms with van der Waals surface area (Å²) in [5.41, 5.74) is 0. The number of fused-ring (bicyclic) bond motifs is 2. The molecule has 0 saturated carbocycles. The Balaban J connectivity index is 1.59. The first kappa shape index (κ1) is 12.9. The molecule has 2 amide bonds. The molecule has 5 heteroatoms. The SMILES string of the molecule is CC(=O)NC1CCCN(C(=O)C2CC3CCC2N3)C1. The van der Waals surface area contributed by atoms with Crippen molar-refractivity contribution in [2.45, 2.75) is 57.2 Å². The van der Waals surface area contributed by atoms with Gasteiger partial charge in [0.2, 0.25) is 11.8 Å². The first-order valence-electron chi connectivity index (χ1n) is 7.45. The first-order valence-corrected chi connectivity index (χ1v) is 7.45. The third kappa shape index (κ3) is 2.61. The molecule has 106 valence electrons. The van der Waals surface area contributed by atoms with Gasteiger partial charge in [-0.25, -0.2) is 0 Å². The quantitative estimate of drug-likeness (QED) is 0.752. The van der Waals surface area contributed by atoms with E-state index in [1.165, 1.54) is 6.42 Å².